The molecule has 0 spiro atoms. The molecule has 1 amide bonds. The molecule has 1 saturated heterocycles. The van der Waals surface area contributed by atoms with E-state index in [1.165, 1.54) is 24.3 Å². The van der Waals surface area contributed by atoms with Gasteiger partial charge < -0.3 is 10.1 Å². The number of nitrogens with one attached hydrogen (secondary N) is 2. The Bertz CT molecular complexity index is 864. The van der Waals surface area contributed by atoms with E-state index in [0.717, 1.165) is 18.5 Å². The van der Waals surface area contributed by atoms with Crippen LogP contribution >= 0.6 is 0 Å². The molecular weight excluding hydrogens is 366 g/mol. The van der Waals surface area contributed by atoms with Crippen LogP contribution < -0.4 is 10.0 Å². The number of amides is 1. The fourth-order valence-corrected chi connectivity index (χ4v) is 3.93. The standard InChI is InChI=1S/C19H23N3O4S/c1-14(18-6-2-3-11-20-18)22-19(23)15-7-9-17(10-8-15)27(24,25)21-13-16-5-4-12-26-16/h2-3,6-11,14,16,21H,4-5,12-13H2,1H3,(H,22,23)/t14-,16-/m0/s1. The molecule has 0 unspecified atom stereocenters. The predicted octanol–water partition coefficient (Wildman–Crippen LogP) is 2.03. The van der Waals surface area contributed by atoms with Gasteiger partial charge in [0.1, 0.15) is 0 Å². The zero-order valence-electron chi connectivity index (χ0n) is 15.1. The van der Waals surface area contributed by atoms with Crippen LogP contribution in [-0.4, -0.2) is 38.6 Å². The van der Waals surface area contributed by atoms with Crippen molar-refractivity contribution in [3.8, 4) is 0 Å². The number of nitrogens with zero attached hydrogens (tertiary/aromatic N) is 1. The summed E-state index contributed by atoms with van der Waals surface area (Å²) in [5.74, 6) is -0.288. The monoisotopic (exact) mass is 389 g/mol. The zero-order valence-corrected chi connectivity index (χ0v) is 15.9. The summed E-state index contributed by atoms with van der Waals surface area (Å²) in [5, 5.41) is 2.85. The Labute approximate surface area is 159 Å². The van der Waals surface area contributed by atoms with Gasteiger partial charge in [-0.05, 0) is 56.2 Å². The summed E-state index contributed by atoms with van der Waals surface area (Å²) in [6.45, 7) is 2.77. The average Bonchev–Trinajstić information content (AvgIpc) is 3.21. The fourth-order valence-electron chi connectivity index (χ4n) is 2.86. The van der Waals surface area contributed by atoms with Crippen LogP contribution in [-0.2, 0) is 14.8 Å². The first-order valence-electron chi connectivity index (χ1n) is 8.89. The molecule has 2 atom stereocenters. The van der Waals surface area contributed by atoms with Gasteiger partial charge in [0.05, 0.1) is 22.7 Å². The maximum atomic E-state index is 12.4. The van der Waals surface area contributed by atoms with E-state index in [1.54, 1.807) is 6.20 Å². The van der Waals surface area contributed by atoms with E-state index in [1.807, 2.05) is 25.1 Å². The minimum atomic E-state index is -3.63. The second kappa shape index (κ2) is 8.60. The lowest BCUT2D eigenvalue weighted by molar-refractivity contribution is 0.0939. The fraction of sp³-hybridized carbons (Fsp3) is 0.368. The minimum Gasteiger partial charge on any atom is -0.377 e. The minimum absolute atomic E-state index is 0.0714. The maximum absolute atomic E-state index is 12.4. The molecule has 7 nitrogen and oxygen atoms in total. The molecule has 0 saturated carbocycles. The van der Waals surface area contributed by atoms with Crippen LogP contribution in [0, 0.1) is 0 Å². The smallest absolute Gasteiger partial charge is 0.251 e. The van der Waals surface area contributed by atoms with Crippen molar-refractivity contribution < 1.29 is 17.9 Å². The molecule has 1 aliphatic heterocycles. The second-order valence-electron chi connectivity index (χ2n) is 6.46. The van der Waals surface area contributed by atoms with E-state index < -0.39 is 10.0 Å². The number of benzene rings is 1. The van der Waals surface area contributed by atoms with E-state index in [4.69, 9.17) is 4.74 Å². The summed E-state index contributed by atoms with van der Waals surface area (Å²) in [6, 6.07) is 11.1. The third kappa shape index (κ3) is 5.12. The number of rotatable bonds is 7. The van der Waals surface area contributed by atoms with Gasteiger partial charge in [-0.15, -0.1) is 0 Å². The van der Waals surface area contributed by atoms with E-state index in [0.29, 0.717) is 12.2 Å². The third-order valence-electron chi connectivity index (χ3n) is 4.43. The number of ether oxygens (including phenoxy) is 1. The quantitative estimate of drug-likeness (QED) is 0.755. The molecule has 144 valence electrons. The average molecular weight is 389 g/mol. The van der Waals surface area contributed by atoms with Gasteiger partial charge in [0.15, 0.2) is 0 Å². The Morgan fingerprint density at radius 1 is 1.26 bits per heavy atom. The Morgan fingerprint density at radius 3 is 2.67 bits per heavy atom. The largest absolute Gasteiger partial charge is 0.377 e. The summed E-state index contributed by atoms with van der Waals surface area (Å²) in [7, 11) is -3.63. The molecule has 27 heavy (non-hydrogen) atoms. The summed E-state index contributed by atoms with van der Waals surface area (Å²) in [4.78, 5) is 16.7. The van der Waals surface area contributed by atoms with Gasteiger partial charge in [0.25, 0.3) is 5.91 Å². The van der Waals surface area contributed by atoms with Crippen molar-refractivity contribution in [2.75, 3.05) is 13.2 Å². The van der Waals surface area contributed by atoms with Crippen molar-refractivity contribution >= 4 is 15.9 Å². The molecule has 8 heteroatoms. The van der Waals surface area contributed by atoms with E-state index in [2.05, 4.69) is 15.0 Å². The molecule has 1 aromatic heterocycles. The molecule has 2 heterocycles. The van der Waals surface area contributed by atoms with Gasteiger partial charge in [-0.1, -0.05) is 6.07 Å². The first-order valence-corrected chi connectivity index (χ1v) is 10.4. The number of hydrogen-bond acceptors (Lipinski definition) is 5. The van der Waals surface area contributed by atoms with Gasteiger partial charge in [0.2, 0.25) is 10.0 Å². The van der Waals surface area contributed by atoms with Crippen molar-refractivity contribution in [3.63, 3.8) is 0 Å². The summed E-state index contributed by atoms with van der Waals surface area (Å²) < 4.78 is 32.7. The molecule has 1 fully saturated rings. The molecule has 0 aliphatic carbocycles. The highest BCUT2D eigenvalue weighted by atomic mass is 32.2. The zero-order chi connectivity index (χ0) is 19.3. The van der Waals surface area contributed by atoms with Crippen LogP contribution in [0.1, 0.15) is 41.9 Å². The van der Waals surface area contributed by atoms with Crippen LogP contribution in [0.5, 0.6) is 0 Å². The van der Waals surface area contributed by atoms with Crippen molar-refractivity contribution in [1.82, 2.24) is 15.0 Å². The van der Waals surface area contributed by atoms with E-state index in [-0.39, 0.29) is 29.5 Å². The first kappa shape index (κ1) is 19.5. The van der Waals surface area contributed by atoms with Crippen molar-refractivity contribution in [2.24, 2.45) is 0 Å². The van der Waals surface area contributed by atoms with Gasteiger partial charge in [-0.2, -0.15) is 0 Å². The van der Waals surface area contributed by atoms with Crippen molar-refractivity contribution in [2.45, 2.75) is 36.8 Å². The van der Waals surface area contributed by atoms with E-state index in [9.17, 15) is 13.2 Å². The van der Waals surface area contributed by atoms with Crippen molar-refractivity contribution in [1.29, 1.82) is 0 Å². The summed E-state index contributed by atoms with van der Waals surface area (Å²) >= 11 is 0. The van der Waals surface area contributed by atoms with Crippen LogP contribution in [0.15, 0.2) is 53.6 Å². The van der Waals surface area contributed by atoms with Crippen LogP contribution in [0.3, 0.4) is 0 Å². The number of sulfonamides is 1. The molecule has 0 bridgehead atoms. The van der Waals surface area contributed by atoms with E-state index >= 15 is 0 Å². The molecule has 3 rings (SSSR count). The van der Waals surface area contributed by atoms with Gasteiger partial charge in [0, 0.05) is 24.9 Å². The summed E-state index contributed by atoms with van der Waals surface area (Å²) in [5.41, 5.74) is 1.14. The second-order valence-corrected chi connectivity index (χ2v) is 8.23. The molecule has 1 aliphatic rings. The highest BCUT2D eigenvalue weighted by molar-refractivity contribution is 7.89. The Kier molecular flexibility index (Phi) is 6.20. The topological polar surface area (TPSA) is 97.4 Å². The van der Waals surface area contributed by atoms with Gasteiger partial charge >= 0.3 is 0 Å². The number of aromatic nitrogens is 1. The maximum Gasteiger partial charge on any atom is 0.251 e. The molecule has 0 radical (unpaired) electrons. The number of carbonyl (C=O) groups excluding carboxylic acids is 1. The SMILES string of the molecule is C[C@H](NC(=O)c1ccc(S(=O)(=O)NC[C@@H]2CCCO2)cc1)c1ccccn1. The predicted molar refractivity (Wildman–Crippen MR) is 101 cm³/mol. The Hall–Kier alpha value is -2.29. The van der Waals surface area contributed by atoms with Crippen LogP contribution in [0.2, 0.25) is 0 Å². The molecule has 1 aromatic carbocycles. The Morgan fingerprint density at radius 2 is 2.04 bits per heavy atom. The lowest BCUT2D eigenvalue weighted by Gasteiger charge is -2.14. The first-order chi connectivity index (χ1) is 13.0. The molecular formula is C19H23N3O4S. The lowest BCUT2D eigenvalue weighted by atomic mass is 10.1. The summed E-state index contributed by atoms with van der Waals surface area (Å²) in [6.07, 6.45) is 3.41. The van der Waals surface area contributed by atoms with Crippen molar-refractivity contribution in [3.05, 3.63) is 59.9 Å². The normalized spacial score (nSPS) is 18.2. The van der Waals surface area contributed by atoms with Gasteiger partial charge in [-0.25, -0.2) is 13.1 Å². The number of carbonyl (C=O) groups is 1. The van der Waals surface area contributed by atoms with Gasteiger partial charge in [-0.3, -0.25) is 9.78 Å². The Balaban J connectivity index is 1.61. The molecule has 2 aromatic rings. The highest BCUT2D eigenvalue weighted by Gasteiger charge is 2.20. The van der Waals surface area contributed by atoms with Crippen LogP contribution in [0.25, 0.3) is 0 Å². The lowest BCUT2D eigenvalue weighted by Crippen LogP contribution is -2.32. The van der Waals surface area contributed by atoms with Crippen LogP contribution in [0.4, 0.5) is 0 Å². The molecule has 2 N–H and O–H groups in total. The third-order valence-corrected chi connectivity index (χ3v) is 5.87. The number of hydrogen-bond donors (Lipinski definition) is 2. The highest BCUT2D eigenvalue weighted by Crippen LogP contribution is 2.15. The number of pyridine rings is 1.